The highest BCUT2D eigenvalue weighted by molar-refractivity contribution is 6.32. The lowest BCUT2D eigenvalue weighted by atomic mass is 10.1. The second-order valence-corrected chi connectivity index (χ2v) is 9.23. The number of hydrogen-bond donors (Lipinski definition) is 3. The normalized spacial score (nSPS) is 12.5. The molecule has 0 saturated carbocycles. The van der Waals surface area contributed by atoms with E-state index >= 15 is 4.39 Å². The Morgan fingerprint density at radius 1 is 1.16 bits per heavy atom. The maximum absolute atomic E-state index is 15.2. The second-order valence-electron chi connectivity index (χ2n) is 8.88. The molecule has 2 aromatic heterocycles. The van der Waals surface area contributed by atoms with Gasteiger partial charge in [-0.25, -0.2) is 23.9 Å². The van der Waals surface area contributed by atoms with Crippen LogP contribution in [0.4, 0.5) is 56.9 Å². The van der Waals surface area contributed by atoms with Gasteiger partial charge in [0.25, 0.3) is 0 Å². The highest BCUT2D eigenvalue weighted by Gasteiger charge is 2.38. The van der Waals surface area contributed by atoms with Gasteiger partial charge in [-0.05, 0) is 36.4 Å². The van der Waals surface area contributed by atoms with Gasteiger partial charge in [-0.2, -0.15) is 23.3 Å². The Bertz CT molecular complexity index is 1730. The first-order valence-electron chi connectivity index (χ1n) is 12.3. The number of nitrogens with zero attached hydrogens (tertiary/aromatic N) is 6. The number of para-hydroxylation sites is 1. The molecule has 2 aromatic carbocycles. The molecule has 0 radical (unpaired) electrons. The molecule has 3 amide bonds. The molecule has 0 aliphatic carbocycles. The van der Waals surface area contributed by atoms with E-state index in [1.165, 1.54) is 21.7 Å². The fraction of sp³-hybridized carbons (Fsp3) is 0.111. The van der Waals surface area contributed by atoms with E-state index in [9.17, 15) is 22.8 Å². The largest absolute Gasteiger partial charge is 0.490 e. The van der Waals surface area contributed by atoms with Gasteiger partial charge in [-0.1, -0.05) is 36.4 Å². The van der Waals surface area contributed by atoms with E-state index in [0.717, 1.165) is 17.0 Å². The van der Waals surface area contributed by atoms with Crippen molar-refractivity contribution in [3.05, 3.63) is 90.1 Å². The Morgan fingerprint density at radius 2 is 1.84 bits per heavy atom. The summed E-state index contributed by atoms with van der Waals surface area (Å²) in [5.41, 5.74) is 1.83. The predicted octanol–water partition coefficient (Wildman–Crippen LogP) is 5.78. The number of aliphatic carboxylic acids is 1. The minimum absolute atomic E-state index is 0.0993. The zero-order valence-electron chi connectivity index (χ0n) is 22.5. The van der Waals surface area contributed by atoms with Crippen LogP contribution in [0.1, 0.15) is 5.56 Å². The third kappa shape index (κ3) is 7.09. The van der Waals surface area contributed by atoms with Crippen LogP contribution >= 0.6 is 11.6 Å². The number of hydrogen-bond acceptors (Lipinski definition) is 7. The lowest BCUT2D eigenvalue weighted by molar-refractivity contribution is -0.192. The number of aryl methyl sites for hydroxylation is 1. The van der Waals surface area contributed by atoms with Crippen LogP contribution in [-0.4, -0.2) is 48.9 Å². The van der Waals surface area contributed by atoms with E-state index in [1.807, 2.05) is 6.07 Å². The number of carboxylic acids is 1. The van der Waals surface area contributed by atoms with Crippen LogP contribution in [0.25, 0.3) is 0 Å². The zero-order chi connectivity index (χ0) is 32.2. The summed E-state index contributed by atoms with van der Waals surface area (Å²) in [4.78, 5) is 46.1. The summed E-state index contributed by atoms with van der Waals surface area (Å²) >= 11 is 6.15. The minimum Gasteiger partial charge on any atom is -0.475 e. The van der Waals surface area contributed by atoms with Gasteiger partial charge >= 0.3 is 18.2 Å². The first-order chi connectivity index (χ1) is 20.8. The standard InChI is InChI=1S/C25H20ClFN8O2.C2HF3O2/c1-3-21(36)29-16-9-10-18(27)20(11-16)35-23-15(13-34(25(35)37)17-7-5-4-6-8-17)12-28-24(31-23)30-19-14-33(2)32-22(19)26;3-2(4,5)1(6)7/h3-12,14H,1,13H2,2H3,(H,29,36)(H,28,30,31);(H,6,7). The Hall–Kier alpha value is -5.51. The van der Waals surface area contributed by atoms with E-state index in [-0.39, 0.29) is 34.8 Å². The van der Waals surface area contributed by atoms with Crippen molar-refractivity contribution in [1.82, 2.24) is 19.7 Å². The summed E-state index contributed by atoms with van der Waals surface area (Å²) in [6.07, 6.45) is -0.779. The lowest BCUT2D eigenvalue weighted by Crippen LogP contribution is -2.46. The number of nitrogens with one attached hydrogen (secondary N) is 2. The Kier molecular flexibility index (Phi) is 9.13. The third-order valence-electron chi connectivity index (χ3n) is 5.78. The number of anilines is 6. The maximum Gasteiger partial charge on any atom is 0.490 e. The zero-order valence-corrected chi connectivity index (χ0v) is 23.3. The topological polar surface area (TPSA) is 146 Å². The number of carbonyl (C=O) groups is 3. The number of alkyl halides is 3. The molecule has 17 heteroatoms. The second kappa shape index (κ2) is 12.8. The van der Waals surface area contributed by atoms with Crippen molar-refractivity contribution < 1.29 is 37.1 Å². The molecule has 0 atom stereocenters. The summed E-state index contributed by atoms with van der Waals surface area (Å²) < 4.78 is 48.5. The number of urea groups is 1. The molecule has 0 bridgehead atoms. The fourth-order valence-electron chi connectivity index (χ4n) is 3.86. The first kappa shape index (κ1) is 31.4. The maximum atomic E-state index is 15.2. The summed E-state index contributed by atoms with van der Waals surface area (Å²) in [5.74, 6) is -3.60. The number of carboxylic acid groups (broad SMARTS) is 1. The Morgan fingerprint density at radius 3 is 2.43 bits per heavy atom. The molecule has 0 spiro atoms. The van der Waals surface area contributed by atoms with Gasteiger partial charge in [0.1, 0.15) is 5.82 Å². The van der Waals surface area contributed by atoms with Crippen molar-refractivity contribution in [2.45, 2.75) is 12.7 Å². The van der Waals surface area contributed by atoms with Crippen molar-refractivity contribution in [2.24, 2.45) is 7.05 Å². The molecule has 4 aromatic rings. The number of carbonyl (C=O) groups excluding carboxylic acids is 2. The lowest BCUT2D eigenvalue weighted by Gasteiger charge is -2.36. The summed E-state index contributed by atoms with van der Waals surface area (Å²) in [6.45, 7) is 3.59. The van der Waals surface area contributed by atoms with Crippen molar-refractivity contribution in [3.8, 4) is 0 Å². The van der Waals surface area contributed by atoms with Crippen LogP contribution in [0.2, 0.25) is 5.15 Å². The third-order valence-corrected chi connectivity index (χ3v) is 6.06. The van der Waals surface area contributed by atoms with Crippen molar-refractivity contribution in [3.63, 3.8) is 0 Å². The van der Waals surface area contributed by atoms with Gasteiger partial charge in [-0.15, -0.1) is 0 Å². The van der Waals surface area contributed by atoms with Crippen LogP contribution < -0.4 is 20.4 Å². The number of fused-ring (bicyclic) bond motifs is 1. The molecule has 0 fully saturated rings. The molecule has 44 heavy (non-hydrogen) atoms. The quantitative estimate of drug-likeness (QED) is 0.179. The van der Waals surface area contributed by atoms with Crippen LogP contribution in [-0.2, 0) is 23.2 Å². The molecule has 1 aliphatic rings. The summed E-state index contributed by atoms with van der Waals surface area (Å²) in [5, 5.41) is 17.0. The van der Waals surface area contributed by atoms with Crippen molar-refractivity contribution in [2.75, 3.05) is 20.4 Å². The van der Waals surface area contributed by atoms with Crippen LogP contribution in [0.5, 0.6) is 0 Å². The highest BCUT2D eigenvalue weighted by Crippen LogP contribution is 2.38. The minimum atomic E-state index is -5.08. The highest BCUT2D eigenvalue weighted by atomic mass is 35.5. The van der Waals surface area contributed by atoms with Crippen molar-refractivity contribution in [1.29, 1.82) is 0 Å². The molecular weight excluding hydrogens is 612 g/mol. The monoisotopic (exact) mass is 632 g/mol. The summed E-state index contributed by atoms with van der Waals surface area (Å²) in [6, 6.07) is 12.4. The predicted molar refractivity (Wildman–Crippen MR) is 153 cm³/mol. The van der Waals surface area contributed by atoms with Crippen LogP contribution in [0.15, 0.2) is 73.6 Å². The van der Waals surface area contributed by atoms with Gasteiger partial charge in [0.2, 0.25) is 11.9 Å². The van der Waals surface area contributed by atoms with Gasteiger partial charge in [0.05, 0.1) is 17.9 Å². The van der Waals surface area contributed by atoms with Gasteiger partial charge in [0.15, 0.2) is 11.0 Å². The summed E-state index contributed by atoms with van der Waals surface area (Å²) in [7, 11) is 1.71. The average Bonchev–Trinajstić information content (AvgIpc) is 3.30. The molecule has 3 N–H and O–H groups in total. The molecular formula is C27H21ClF4N8O4. The smallest absolute Gasteiger partial charge is 0.475 e. The number of halogens is 5. The average molecular weight is 633 g/mol. The molecule has 3 heterocycles. The molecule has 0 saturated heterocycles. The first-order valence-corrected chi connectivity index (χ1v) is 12.7. The molecule has 1 aliphatic heterocycles. The number of amides is 3. The van der Waals surface area contributed by atoms with E-state index in [2.05, 4.69) is 32.3 Å². The number of rotatable bonds is 6. The SMILES string of the molecule is C=CC(=O)Nc1ccc(F)c(N2C(=O)N(c3ccccc3)Cc3cnc(Nc4cn(C)nc4Cl)nc32)c1.O=C(O)C(F)(F)F. The van der Waals surface area contributed by atoms with Crippen LogP contribution in [0, 0.1) is 5.82 Å². The number of aromatic nitrogens is 4. The van der Waals surface area contributed by atoms with E-state index < -0.39 is 29.9 Å². The Labute approximate surface area is 251 Å². The van der Waals surface area contributed by atoms with Crippen molar-refractivity contribution >= 4 is 64.0 Å². The van der Waals surface area contributed by atoms with Gasteiger partial charge in [-0.3, -0.25) is 14.4 Å². The molecule has 228 valence electrons. The number of benzene rings is 2. The van der Waals surface area contributed by atoms with E-state index in [0.29, 0.717) is 16.9 Å². The van der Waals surface area contributed by atoms with E-state index in [1.54, 1.807) is 43.7 Å². The molecule has 12 nitrogen and oxygen atoms in total. The van der Waals surface area contributed by atoms with Gasteiger partial charge in [0, 0.05) is 36.4 Å². The molecule has 5 rings (SSSR count). The van der Waals surface area contributed by atoms with Crippen LogP contribution in [0.3, 0.4) is 0 Å². The van der Waals surface area contributed by atoms with Gasteiger partial charge < -0.3 is 15.7 Å². The molecule has 0 unspecified atom stereocenters. The Balaban J connectivity index is 0.000000566. The fourth-order valence-corrected chi connectivity index (χ4v) is 4.08. The van der Waals surface area contributed by atoms with E-state index in [4.69, 9.17) is 21.5 Å².